The second kappa shape index (κ2) is 5.51. The fourth-order valence-corrected chi connectivity index (χ4v) is 2.46. The predicted octanol–water partition coefficient (Wildman–Crippen LogP) is 5.45. The molecule has 98 valence electrons. The summed E-state index contributed by atoms with van der Waals surface area (Å²) in [6, 6.07) is 22.7. The lowest BCUT2D eigenvalue weighted by molar-refractivity contribution is 0.632. The summed E-state index contributed by atoms with van der Waals surface area (Å²) in [7, 11) is 0. The maximum Gasteiger partial charge on any atom is 0.131 e. The van der Waals surface area contributed by atoms with Crippen LogP contribution in [0.5, 0.6) is 0 Å². The highest BCUT2D eigenvalue weighted by molar-refractivity contribution is 7.80. The summed E-state index contributed by atoms with van der Waals surface area (Å²) in [4.78, 5) is 0.828. The average molecular weight is 280 g/mol. The first kappa shape index (κ1) is 12.9. The predicted molar refractivity (Wildman–Crippen MR) is 84.5 cm³/mol. The van der Waals surface area contributed by atoms with E-state index in [2.05, 4.69) is 12.6 Å². The first-order valence-electron chi connectivity index (χ1n) is 6.38. The van der Waals surface area contributed by atoms with Gasteiger partial charge < -0.3 is 0 Å². The molecule has 0 unspecified atom stereocenters. The number of thiol groups is 1. The largest absolute Gasteiger partial charge is 0.206 e. The molecule has 0 saturated carbocycles. The van der Waals surface area contributed by atoms with Crippen LogP contribution in [0.25, 0.3) is 22.3 Å². The van der Waals surface area contributed by atoms with E-state index < -0.39 is 0 Å². The van der Waals surface area contributed by atoms with Crippen molar-refractivity contribution >= 4 is 12.6 Å². The lowest BCUT2D eigenvalue weighted by Crippen LogP contribution is -1.86. The number of hydrogen-bond acceptors (Lipinski definition) is 1. The van der Waals surface area contributed by atoms with Crippen LogP contribution in [0.3, 0.4) is 0 Å². The summed E-state index contributed by atoms with van der Waals surface area (Å²) in [5.74, 6) is -0.217. The minimum absolute atomic E-state index is 0.217. The van der Waals surface area contributed by atoms with E-state index in [0.29, 0.717) is 5.56 Å². The molecule has 20 heavy (non-hydrogen) atoms. The first-order valence-corrected chi connectivity index (χ1v) is 6.83. The minimum atomic E-state index is -0.217. The van der Waals surface area contributed by atoms with Crippen molar-refractivity contribution in [3.8, 4) is 22.3 Å². The molecule has 3 rings (SSSR count). The average Bonchev–Trinajstić information content (AvgIpc) is 2.48. The van der Waals surface area contributed by atoms with Gasteiger partial charge in [-0.3, -0.25) is 0 Å². The summed E-state index contributed by atoms with van der Waals surface area (Å²) in [6.07, 6.45) is 0. The van der Waals surface area contributed by atoms with Crippen LogP contribution in [-0.4, -0.2) is 0 Å². The van der Waals surface area contributed by atoms with Gasteiger partial charge in [0.25, 0.3) is 0 Å². The van der Waals surface area contributed by atoms with E-state index in [1.54, 1.807) is 6.07 Å². The van der Waals surface area contributed by atoms with Crippen molar-refractivity contribution in [1.29, 1.82) is 0 Å². The van der Waals surface area contributed by atoms with Gasteiger partial charge in [-0.05, 0) is 34.9 Å². The maximum absolute atomic E-state index is 14.3. The van der Waals surface area contributed by atoms with E-state index in [1.807, 2.05) is 66.7 Å². The van der Waals surface area contributed by atoms with E-state index >= 15 is 0 Å². The molecule has 2 heteroatoms. The number of halogens is 1. The van der Waals surface area contributed by atoms with Crippen LogP contribution < -0.4 is 0 Å². The third kappa shape index (κ3) is 2.61. The van der Waals surface area contributed by atoms with Gasteiger partial charge in [-0.25, -0.2) is 4.39 Å². The number of rotatable bonds is 2. The molecule has 0 fully saturated rings. The van der Waals surface area contributed by atoms with Crippen LogP contribution in [0.1, 0.15) is 0 Å². The van der Waals surface area contributed by atoms with Gasteiger partial charge in [0, 0.05) is 10.5 Å². The molecule has 0 bridgehead atoms. The highest BCUT2D eigenvalue weighted by atomic mass is 32.1. The van der Waals surface area contributed by atoms with Gasteiger partial charge in [0.2, 0.25) is 0 Å². The van der Waals surface area contributed by atoms with E-state index in [1.165, 1.54) is 0 Å². The Morgan fingerprint density at radius 1 is 0.650 bits per heavy atom. The third-order valence-corrected chi connectivity index (χ3v) is 3.51. The number of benzene rings is 3. The summed E-state index contributed by atoms with van der Waals surface area (Å²) in [5.41, 5.74) is 3.34. The second-order valence-electron chi connectivity index (χ2n) is 4.61. The zero-order valence-corrected chi connectivity index (χ0v) is 11.6. The topological polar surface area (TPSA) is 0 Å². The Hall–Kier alpha value is -2.06. The Morgan fingerprint density at radius 2 is 1.40 bits per heavy atom. The van der Waals surface area contributed by atoms with Gasteiger partial charge in [0.15, 0.2) is 0 Å². The van der Waals surface area contributed by atoms with Crippen LogP contribution in [0, 0.1) is 5.82 Å². The second-order valence-corrected chi connectivity index (χ2v) is 5.13. The van der Waals surface area contributed by atoms with Crippen molar-refractivity contribution in [1.82, 2.24) is 0 Å². The van der Waals surface area contributed by atoms with Gasteiger partial charge >= 0.3 is 0 Å². The van der Waals surface area contributed by atoms with Gasteiger partial charge in [0.1, 0.15) is 5.82 Å². The van der Waals surface area contributed by atoms with E-state index in [4.69, 9.17) is 0 Å². The van der Waals surface area contributed by atoms with Crippen molar-refractivity contribution in [2.24, 2.45) is 0 Å². The molecule has 0 radical (unpaired) electrons. The summed E-state index contributed by atoms with van der Waals surface area (Å²) in [6.45, 7) is 0. The van der Waals surface area contributed by atoms with Gasteiger partial charge in [-0.2, -0.15) is 0 Å². The Kier molecular flexibility index (Phi) is 3.57. The van der Waals surface area contributed by atoms with Crippen molar-refractivity contribution in [2.45, 2.75) is 4.90 Å². The molecule has 0 aliphatic carbocycles. The van der Waals surface area contributed by atoms with Crippen LogP contribution in [-0.2, 0) is 0 Å². The Morgan fingerprint density at radius 3 is 2.10 bits per heavy atom. The van der Waals surface area contributed by atoms with Crippen LogP contribution in [0.2, 0.25) is 0 Å². The lowest BCUT2D eigenvalue weighted by atomic mass is 10.00. The molecule has 0 N–H and O–H groups in total. The van der Waals surface area contributed by atoms with Gasteiger partial charge in [0.05, 0.1) is 0 Å². The third-order valence-electron chi connectivity index (χ3n) is 3.23. The zero-order chi connectivity index (χ0) is 13.9. The highest BCUT2D eigenvalue weighted by Gasteiger charge is 2.07. The standard InChI is InChI=1S/C18H13FS/c19-18-12-14(13-5-2-1-3-6-13)9-10-17(18)15-7-4-8-16(20)11-15/h1-12,20H. The molecule has 3 aromatic rings. The lowest BCUT2D eigenvalue weighted by Gasteiger charge is -2.07. The van der Waals surface area contributed by atoms with Crippen LogP contribution >= 0.6 is 12.6 Å². The molecule has 0 heterocycles. The Bertz CT molecular complexity index is 735. The molecule has 0 saturated heterocycles. The molecule has 0 atom stereocenters. The molecular weight excluding hydrogens is 267 g/mol. The van der Waals surface area contributed by atoms with Gasteiger partial charge in [-0.1, -0.05) is 54.6 Å². The number of hydrogen-bond donors (Lipinski definition) is 1. The minimum Gasteiger partial charge on any atom is -0.206 e. The molecule has 0 aliphatic rings. The Balaban J connectivity index is 2.04. The fraction of sp³-hybridized carbons (Fsp3) is 0. The van der Waals surface area contributed by atoms with Crippen molar-refractivity contribution in [3.63, 3.8) is 0 Å². The molecule has 0 aliphatic heterocycles. The first-order chi connectivity index (χ1) is 9.74. The summed E-state index contributed by atoms with van der Waals surface area (Å²) < 4.78 is 14.3. The molecule has 0 amide bonds. The molecule has 3 aromatic carbocycles. The maximum atomic E-state index is 14.3. The molecule has 0 spiro atoms. The molecule has 0 nitrogen and oxygen atoms in total. The summed E-state index contributed by atoms with van der Waals surface area (Å²) in [5, 5.41) is 0. The quantitative estimate of drug-likeness (QED) is 0.593. The van der Waals surface area contributed by atoms with Crippen molar-refractivity contribution < 1.29 is 4.39 Å². The van der Waals surface area contributed by atoms with Gasteiger partial charge in [-0.15, -0.1) is 12.6 Å². The Labute approximate surface area is 123 Å². The summed E-state index contributed by atoms with van der Waals surface area (Å²) >= 11 is 4.29. The zero-order valence-electron chi connectivity index (χ0n) is 10.8. The van der Waals surface area contributed by atoms with E-state index in [0.717, 1.165) is 21.6 Å². The normalized spacial score (nSPS) is 10.5. The SMILES string of the molecule is Fc1cc(-c2ccccc2)ccc1-c1cccc(S)c1. The van der Waals surface area contributed by atoms with Crippen molar-refractivity contribution in [2.75, 3.05) is 0 Å². The fourth-order valence-electron chi connectivity index (χ4n) is 2.23. The monoisotopic (exact) mass is 280 g/mol. The van der Waals surface area contributed by atoms with Crippen LogP contribution in [0.4, 0.5) is 4.39 Å². The van der Waals surface area contributed by atoms with Crippen molar-refractivity contribution in [3.05, 3.63) is 78.6 Å². The van der Waals surface area contributed by atoms with E-state index in [-0.39, 0.29) is 5.82 Å². The highest BCUT2D eigenvalue weighted by Crippen LogP contribution is 2.28. The molecule has 0 aromatic heterocycles. The molecular formula is C18H13FS. The smallest absolute Gasteiger partial charge is 0.131 e. The van der Waals surface area contributed by atoms with Crippen LogP contribution in [0.15, 0.2) is 77.7 Å². The van der Waals surface area contributed by atoms with E-state index in [9.17, 15) is 4.39 Å².